The third kappa shape index (κ3) is 2.55. The summed E-state index contributed by atoms with van der Waals surface area (Å²) in [4.78, 5) is 13.7. The summed E-state index contributed by atoms with van der Waals surface area (Å²) in [5.74, 6) is -0.342. The van der Waals surface area contributed by atoms with Gasteiger partial charge in [0.05, 0.1) is 0 Å². The third-order valence-electron chi connectivity index (χ3n) is 3.19. The summed E-state index contributed by atoms with van der Waals surface area (Å²) in [6.07, 6.45) is 2.82. The number of hydrogen-bond acceptors (Lipinski definition) is 4. The molecule has 2 N–H and O–H groups in total. The molecule has 1 amide bonds. The number of carbonyl (C=O) groups excluding carboxylic acids is 1. The van der Waals surface area contributed by atoms with Crippen LogP contribution in [0, 0.1) is 0 Å². The zero-order valence-corrected chi connectivity index (χ0v) is 10.9. The van der Waals surface area contributed by atoms with E-state index < -0.39 is 14.6 Å². The van der Waals surface area contributed by atoms with Gasteiger partial charge in [-0.2, -0.15) is 0 Å². The molecule has 1 rings (SSSR count). The van der Waals surface area contributed by atoms with Crippen LogP contribution in [0.1, 0.15) is 26.7 Å². The molecule has 1 saturated heterocycles. The number of nitrogens with zero attached hydrogens (tertiary/aromatic N) is 1. The van der Waals surface area contributed by atoms with Crippen molar-refractivity contribution in [1.82, 2.24) is 4.90 Å². The fourth-order valence-electron chi connectivity index (χ4n) is 1.73. The van der Waals surface area contributed by atoms with Crippen LogP contribution in [0.5, 0.6) is 0 Å². The van der Waals surface area contributed by atoms with Crippen molar-refractivity contribution >= 4 is 15.7 Å². The molecule has 1 heterocycles. The predicted octanol–water partition coefficient (Wildman–Crippen LogP) is -0.241. The van der Waals surface area contributed by atoms with Gasteiger partial charge in [-0.3, -0.25) is 4.79 Å². The summed E-state index contributed by atoms with van der Waals surface area (Å²) in [6.45, 7) is 3.96. The highest BCUT2D eigenvalue weighted by Gasteiger charge is 2.42. The Hall–Kier alpha value is -0.620. The molecule has 1 aliphatic heterocycles. The molecule has 94 valence electrons. The highest BCUT2D eigenvalue weighted by Crippen LogP contribution is 2.21. The number of rotatable bonds is 2. The number of sulfone groups is 1. The average Bonchev–Trinajstić information content (AvgIpc) is 2.14. The molecular weight excluding hydrogens is 228 g/mol. The zero-order valence-electron chi connectivity index (χ0n) is 10.1. The molecule has 5 nitrogen and oxygen atoms in total. The first-order chi connectivity index (χ1) is 7.16. The summed E-state index contributed by atoms with van der Waals surface area (Å²) < 4.78 is 21.7. The van der Waals surface area contributed by atoms with Gasteiger partial charge in [0.2, 0.25) is 5.91 Å². The first-order valence-corrected chi connectivity index (χ1v) is 7.30. The van der Waals surface area contributed by atoms with Gasteiger partial charge in [0.1, 0.15) is 4.75 Å². The number of carbonyl (C=O) groups is 1. The normalized spacial score (nSPS) is 23.2. The maximum Gasteiger partial charge on any atom is 0.243 e. The summed E-state index contributed by atoms with van der Waals surface area (Å²) in [5.41, 5.74) is 5.77. The molecule has 16 heavy (non-hydrogen) atoms. The van der Waals surface area contributed by atoms with Crippen molar-refractivity contribution in [2.75, 3.05) is 19.3 Å². The monoisotopic (exact) mass is 248 g/mol. The molecule has 0 radical (unpaired) electrons. The van der Waals surface area contributed by atoms with Gasteiger partial charge in [-0.05, 0) is 26.7 Å². The lowest BCUT2D eigenvalue weighted by molar-refractivity contribution is -0.134. The van der Waals surface area contributed by atoms with Crippen molar-refractivity contribution in [2.45, 2.75) is 37.5 Å². The standard InChI is InChI=1S/C10H20N2O3S/c1-10(2,16(3,14)15)9(13)12-6-4-5-8(11)7-12/h8H,4-7,11H2,1-3H3. The Bertz CT molecular complexity index is 376. The minimum absolute atomic E-state index is 0.0342. The lowest BCUT2D eigenvalue weighted by Gasteiger charge is -2.35. The minimum Gasteiger partial charge on any atom is -0.340 e. The quantitative estimate of drug-likeness (QED) is 0.731. The minimum atomic E-state index is -3.40. The van der Waals surface area contributed by atoms with E-state index in [-0.39, 0.29) is 11.9 Å². The molecule has 1 fully saturated rings. The molecule has 0 aromatic carbocycles. The lowest BCUT2D eigenvalue weighted by Crippen LogP contribution is -2.54. The van der Waals surface area contributed by atoms with E-state index in [2.05, 4.69) is 0 Å². The fourth-order valence-corrected chi connectivity index (χ4v) is 2.18. The predicted molar refractivity (Wildman–Crippen MR) is 62.7 cm³/mol. The number of amides is 1. The van der Waals surface area contributed by atoms with Crippen LogP contribution in [0.15, 0.2) is 0 Å². The van der Waals surface area contributed by atoms with Gasteiger partial charge >= 0.3 is 0 Å². The molecule has 1 atom stereocenters. The SMILES string of the molecule is CC(C)(C(=O)N1CCCC(N)C1)S(C)(=O)=O. The van der Waals surface area contributed by atoms with Gasteiger partial charge in [-0.1, -0.05) is 0 Å². The second-order valence-corrected chi connectivity index (χ2v) is 7.50. The Morgan fingerprint density at radius 1 is 1.44 bits per heavy atom. The molecule has 0 aliphatic carbocycles. The van der Waals surface area contributed by atoms with Crippen LogP contribution in [-0.4, -0.2) is 49.4 Å². The second kappa shape index (κ2) is 4.33. The number of hydrogen-bond donors (Lipinski definition) is 1. The Morgan fingerprint density at radius 2 is 2.00 bits per heavy atom. The average molecular weight is 248 g/mol. The Kier molecular flexibility index (Phi) is 3.64. The van der Waals surface area contributed by atoms with Gasteiger partial charge in [-0.25, -0.2) is 8.42 Å². The van der Waals surface area contributed by atoms with Crippen molar-refractivity contribution in [1.29, 1.82) is 0 Å². The highest BCUT2D eigenvalue weighted by atomic mass is 32.2. The molecule has 0 aromatic heterocycles. The summed E-state index contributed by atoms with van der Waals surface area (Å²) in [5, 5.41) is 0. The van der Waals surface area contributed by atoms with E-state index in [0.29, 0.717) is 13.1 Å². The number of likely N-dealkylation sites (tertiary alicyclic amines) is 1. The summed E-state index contributed by atoms with van der Waals surface area (Å²) >= 11 is 0. The Balaban J connectivity index is 2.85. The van der Waals surface area contributed by atoms with Crippen molar-refractivity contribution < 1.29 is 13.2 Å². The van der Waals surface area contributed by atoms with E-state index in [1.54, 1.807) is 4.90 Å². The van der Waals surface area contributed by atoms with E-state index in [1.807, 2.05) is 0 Å². The van der Waals surface area contributed by atoms with Gasteiger partial charge in [0.25, 0.3) is 0 Å². The highest BCUT2D eigenvalue weighted by molar-refractivity contribution is 7.92. The smallest absolute Gasteiger partial charge is 0.243 e. The van der Waals surface area contributed by atoms with Gasteiger partial charge in [-0.15, -0.1) is 0 Å². The van der Waals surface area contributed by atoms with Crippen molar-refractivity contribution in [3.05, 3.63) is 0 Å². The molecule has 1 unspecified atom stereocenters. The maximum atomic E-state index is 12.1. The number of nitrogens with two attached hydrogens (primary N) is 1. The van der Waals surface area contributed by atoms with Gasteiger partial charge < -0.3 is 10.6 Å². The molecule has 0 saturated carbocycles. The molecular formula is C10H20N2O3S. The Labute approximate surface area is 96.9 Å². The summed E-state index contributed by atoms with van der Waals surface area (Å²) in [6, 6.07) is -0.0342. The molecule has 1 aliphatic rings. The van der Waals surface area contributed by atoms with E-state index in [1.165, 1.54) is 13.8 Å². The van der Waals surface area contributed by atoms with Crippen LogP contribution < -0.4 is 5.73 Å². The lowest BCUT2D eigenvalue weighted by atomic mass is 10.0. The van der Waals surface area contributed by atoms with Gasteiger partial charge in [0, 0.05) is 25.4 Å². The zero-order chi connectivity index (χ0) is 12.6. The van der Waals surface area contributed by atoms with Crippen molar-refractivity contribution in [2.24, 2.45) is 5.73 Å². The van der Waals surface area contributed by atoms with Crippen LogP contribution in [0.2, 0.25) is 0 Å². The largest absolute Gasteiger partial charge is 0.340 e. The van der Waals surface area contributed by atoms with Crippen molar-refractivity contribution in [3.63, 3.8) is 0 Å². The first kappa shape index (κ1) is 13.4. The topological polar surface area (TPSA) is 80.5 Å². The fraction of sp³-hybridized carbons (Fsp3) is 0.900. The maximum absolute atomic E-state index is 12.1. The van der Waals surface area contributed by atoms with Crippen LogP contribution >= 0.6 is 0 Å². The molecule has 0 spiro atoms. The molecule has 6 heteroatoms. The number of piperidine rings is 1. The first-order valence-electron chi connectivity index (χ1n) is 5.41. The van der Waals surface area contributed by atoms with Crippen LogP contribution in [-0.2, 0) is 14.6 Å². The Morgan fingerprint density at radius 3 is 2.44 bits per heavy atom. The van der Waals surface area contributed by atoms with Crippen LogP contribution in [0.3, 0.4) is 0 Å². The van der Waals surface area contributed by atoms with E-state index in [0.717, 1.165) is 19.1 Å². The third-order valence-corrected chi connectivity index (χ3v) is 5.22. The van der Waals surface area contributed by atoms with E-state index in [9.17, 15) is 13.2 Å². The van der Waals surface area contributed by atoms with E-state index >= 15 is 0 Å². The molecule has 0 bridgehead atoms. The molecule has 0 aromatic rings. The van der Waals surface area contributed by atoms with Crippen LogP contribution in [0.25, 0.3) is 0 Å². The van der Waals surface area contributed by atoms with E-state index in [4.69, 9.17) is 5.73 Å². The van der Waals surface area contributed by atoms with Crippen LogP contribution in [0.4, 0.5) is 0 Å². The second-order valence-electron chi connectivity index (χ2n) is 4.94. The summed E-state index contributed by atoms with van der Waals surface area (Å²) in [7, 11) is -3.40. The van der Waals surface area contributed by atoms with Crippen molar-refractivity contribution in [3.8, 4) is 0 Å². The van der Waals surface area contributed by atoms with Gasteiger partial charge in [0.15, 0.2) is 9.84 Å².